The summed E-state index contributed by atoms with van der Waals surface area (Å²) in [6, 6.07) is 3.96. The lowest BCUT2D eigenvalue weighted by Crippen LogP contribution is -2.26. The summed E-state index contributed by atoms with van der Waals surface area (Å²) in [4.78, 5) is 10.9. The van der Waals surface area contributed by atoms with Crippen molar-refractivity contribution >= 4 is 17.3 Å². The normalized spacial score (nSPS) is 9.57. The number of amides is 1. The van der Waals surface area contributed by atoms with Crippen LogP contribution in [0.3, 0.4) is 0 Å². The topological polar surface area (TPSA) is 67.2 Å². The summed E-state index contributed by atoms with van der Waals surface area (Å²) >= 11 is 0. The van der Waals surface area contributed by atoms with Gasteiger partial charge in [-0.15, -0.1) is 0 Å². The van der Waals surface area contributed by atoms with Gasteiger partial charge in [0, 0.05) is 7.05 Å². The highest BCUT2D eigenvalue weighted by Crippen LogP contribution is 2.18. The molecule has 0 radical (unpaired) electrons. The average molecular weight is 197 g/mol. The van der Waals surface area contributed by atoms with Crippen LogP contribution in [0.15, 0.2) is 18.2 Å². The molecule has 0 bridgehead atoms. The third-order valence-electron chi connectivity index (χ3n) is 1.73. The molecule has 0 aliphatic rings. The van der Waals surface area contributed by atoms with Gasteiger partial charge in [-0.3, -0.25) is 4.79 Å². The smallest absolute Gasteiger partial charge is 0.239 e. The average Bonchev–Trinajstić information content (AvgIpc) is 2.19. The van der Waals surface area contributed by atoms with Gasteiger partial charge in [-0.05, 0) is 18.2 Å². The fourth-order valence-corrected chi connectivity index (χ4v) is 0.945. The fourth-order valence-electron chi connectivity index (χ4n) is 0.945. The lowest BCUT2D eigenvalue weighted by Gasteiger charge is -2.07. The van der Waals surface area contributed by atoms with E-state index < -0.39 is 5.82 Å². The van der Waals surface area contributed by atoms with Crippen LogP contribution in [0.2, 0.25) is 0 Å². The third kappa shape index (κ3) is 2.62. The first-order valence-electron chi connectivity index (χ1n) is 4.13. The van der Waals surface area contributed by atoms with E-state index in [0.29, 0.717) is 11.4 Å². The molecular formula is C9H12FN3O. The highest BCUT2D eigenvalue weighted by Gasteiger charge is 2.02. The Balaban J connectivity index is 2.66. The Hall–Kier alpha value is -1.78. The number of nitrogens with two attached hydrogens (primary N) is 1. The number of anilines is 2. The first kappa shape index (κ1) is 10.3. The summed E-state index contributed by atoms with van der Waals surface area (Å²) in [6.45, 7) is 0.0736. The summed E-state index contributed by atoms with van der Waals surface area (Å²) in [6.07, 6.45) is 0. The van der Waals surface area contributed by atoms with E-state index in [1.165, 1.54) is 25.2 Å². The summed E-state index contributed by atoms with van der Waals surface area (Å²) in [5.41, 5.74) is 6.39. The molecule has 0 aliphatic carbocycles. The molecule has 0 heterocycles. The molecule has 0 aliphatic heterocycles. The molecular weight excluding hydrogens is 185 g/mol. The molecule has 0 saturated carbocycles. The first-order valence-corrected chi connectivity index (χ1v) is 4.13. The predicted octanol–water partition coefficient (Wildman–Crippen LogP) is 0.566. The van der Waals surface area contributed by atoms with Gasteiger partial charge < -0.3 is 16.4 Å². The number of nitrogens with one attached hydrogen (secondary N) is 2. The zero-order chi connectivity index (χ0) is 10.6. The molecule has 5 heteroatoms. The van der Waals surface area contributed by atoms with E-state index in [1.54, 1.807) is 0 Å². The zero-order valence-corrected chi connectivity index (χ0v) is 7.80. The molecule has 1 aromatic rings. The molecule has 1 amide bonds. The number of likely N-dealkylation sites (N-methyl/N-ethyl adjacent to an activating group) is 1. The van der Waals surface area contributed by atoms with Crippen molar-refractivity contribution in [3.63, 3.8) is 0 Å². The minimum atomic E-state index is -0.390. The maximum Gasteiger partial charge on any atom is 0.239 e. The number of nitrogen functional groups attached to an aromatic ring is 1. The quantitative estimate of drug-likeness (QED) is 0.620. The lowest BCUT2D eigenvalue weighted by atomic mass is 10.2. The maximum absolute atomic E-state index is 12.8. The second-order valence-corrected chi connectivity index (χ2v) is 2.76. The minimum Gasteiger partial charge on any atom is -0.397 e. The van der Waals surface area contributed by atoms with Crippen molar-refractivity contribution in [2.45, 2.75) is 0 Å². The SMILES string of the molecule is CNC(=O)CNc1cc(F)ccc1N. The van der Waals surface area contributed by atoms with E-state index in [1.807, 2.05) is 0 Å². The Labute approximate surface area is 81.3 Å². The van der Waals surface area contributed by atoms with E-state index in [9.17, 15) is 9.18 Å². The molecule has 0 fully saturated rings. The van der Waals surface area contributed by atoms with Gasteiger partial charge in [0.2, 0.25) is 5.91 Å². The van der Waals surface area contributed by atoms with Gasteiger partial charge in [0.05, 0.1) is 17.9 Å². The Morgan fingerprint density at radius 3 is 2.93 bits per heavy atom. The van der Waals surface area contributed by atoms with Crippen LogP contribution < -0.4 is 16.4 Å². The Morgan fingerprint density at radius 2 is 2.29 bits per heavy atom. The Bertz CT molecular complexity index is 341. The molecule has 14 heavy (non-hydrogen) atoms. The van der Waals surface area contributed by atoms with E-state index in [0.717, 1.165) is 0 Å². The van der Waals surface area contributed by atoms with Gasteiger partial charge in [0.25, 0.3) is 0 Å². The van der Waals surface area contributed by atoms with Crippen molar-refractivity contribution in [2.24, 2.45) is 0 Å². The van der Waals surface area contributed by atoms with Gasteiger partial charge in [-0.25, -0.2) is 4.39 Å². The number of rotatable bonds is 3. The minimum absolute atomic E-state index is 0.0736. The predicted molar refractivity (Wildman–Crippen MR) is 53.4 cm³/mol. The lowest BCUT2D eigenvalue weighted by molar-refractivity contribution is -0.118. The number of benzene rings is 1. The van der Waals surface area contributed by atoms with Crippen LogP contribution in [0.4, 0.5) is 15.8 Å². The third-order valence-corrected chi connectivity index (χ3v) is 1.73. The number of carbonyl (C=O) groups excluding carboxylic acids is 1. The Kier molecular flexibility index (Phi) is 3.28. The second kappa shape index (κ2) is 4.45. The van der Waals surface area contributed by atoms with Crippen LogP contribution >= 0.6 is 0 Å². The van der Waals surface area contributed by atoms with Crippen LogP contribution in [0, 0.1) is 5.82 Å². The van der Waals surface area contributed by atoms with Crippen molar-refractivity contribution in [1.29, 1.82) is 0 Å². The van der Waals surface area contributed by atoms with Crippen molar-refractivity contribution in [2.75, 3.05) is 24.6 Å². The van der Waals surface area contributed by atoms with Gasteiger partial charge in [-0.1, -0.05) is 0 Å². The number of hydrogen-bond donors (Lipinski definition) is 3. The molecule has 0 spiro atoms. The zero-order valence-electron chi connectivity index (χ0n) is 7.80. The number of hydrogen-bond acceptors (Lipinski definition) is 3. The number of halogens is 1. The molecule has 4 N–H and O–H groups in total. The molecule has 1 rings (SSSR count). The summed E-state index contributed by atoms with van der Waals surface area (Å²) in [7, 11) is 1.53. The molecule has 0 unspecified atom stereocenters. The van der Waals surface area contributed by atoms with Crippen LogP contribution in [0.25, 0.3) is 0 Å². The van der Waals surface area contributed by atoms with Crippen LogP contribution in [-0.4, -0.2) is 19.5 Å². The molecule has 0 atom stereocenters. The van der Waals surface area contributed by atoms with Crippen molar-refractivity contribution in [1.82, 2.24) is 5.32 Å². The largest absolute Gasteiger partial charge is 0.397 e. The summed E-state index contributed by atoms with van der Waals surface area (Å²) in [5, 5.41) is 5.16. The highest BCUT2D eigenvalue weighted by atomic mass is 19.1. The highest BCUT2D eigenvalue weighted by molar-refractivity contribution is 5.81. The van der Waals surface area contributed by atoms with Gasteiger partial charge in [-0.2, -0.15) is 0 Å². The van der Waals surface area contributed by atoms with Crippen molar-refractivity contribution < 1.29 is 9.18 Å². The van der Waals surface area contributed by atoms with Crippen LogP contribution in [0.1, 0.15) is 0 Å². The summed E-state index contributed by atoms with van der Waals surface area (Å²) < 4.78 is 12.8. The maximum atomic E-state index is 12.8. The monoisotopic (exact) mass is 197 g/mol. The molecule has 0 saturated heterocycles. The van der Waals surface area contributed by atoms with Crippen molar-refractivity contribution in [3.05, 3.63) is 24.0 Å². The van der Waals surface area contributed by atoms with Crippen LogP contribution in [-0.2, 0) is 4.79 Å². The first-order chi connectivity index (χ1) is 6.63. The van der Waals surface area contributed by atoms with Crippen molar-refractivity contribution in [3.8, 4) is 0 Å². The Morgan fingerprint density at radius 1 is 1.57 bits per heavy atom. The molecule has 1 aromatic carbocycles. The van der Waals surface area contributed by atoms with E-state index in [4.69, 9.17) is 5.73 Å². The molecule has 4 nitrogen and oxygen atoms in total. The van der Waals surface area contributed by atoms with E-state index in [-0.39, 0.29) is 12.5 Å². The van der Waals surface area contributed by atoms with Gasteiger partial charge in [0.1, 0.15) is 5.82 Å². The molecule has 76 valence electrons. The van der Waals surface area contributed by atoms with E-state index in [2.05, 4.69) is 10.6 Å². The molecule has 0 aromatic heterocycles. The summed E-state index contributed by atoms with van der Waals surface area (Å²) in [5.74, 6) is -0.577. The number of carbonyl (C=O) groups is 1. The van der Waals surface area contributed by atoms with E-state index >= 15 is 0 Å². The van der Waals surface area contributed by atoms with Gasteiger partial charge in [0.15, 0.2) is 0 Å². The standard InChI is InChI=1S/C9H12FN3O/c1-12-9(14)5-13-8-4-6(10)2-3-7(8)11/h2-4,13H,5,11H2,1H3,(H,12,14). The second-order valence-electron chi connectivity index (χ2n) is 2.76. The van der Waals surface area contributed by atoms with Crippen LogP contribution in [0.5, 0.6) is 0 Å². The fraction of sp³-hybridized carbons (Fsp3) is 0.222. The van der Waals surface area contributed by atoms with Gasteiger partial charge >= 0.3 is 0 Å².